The summed E-state index contributed by atoms with van der Waals surface area (Å²) in [7, 11) is 0. The van der Waals surface area contributed by atoms with Gasteiger partial charge in [-0.2, -0.15) is 0 Å². The predicted octanol–water partition coefficient (Wildman–Crippen LogP) is -0.354. The summed E-state index contributed by atoms with van der Waals surface area (Å²) in [6.45, 7) is 0.733. The summed E-state index contributed by atoms with van der Waals surface area (Å²) in [5.74, 6) is 0.448. The van der Waals surface area contributed by atoms with Gasteiger partial charge in [-0.3, -0.25) is 4.79 Å². The lowest BCUT2D eigenvalue weighted by atomic mass is 9.82. The summed E-state index contributed by atoms with van der Waals surface area (Å²) >= 11 is 0. The summed E-state index contributed by atoms with van der Waals surface area (Å²) in [5.41, 5.74) is 0. The predicted molar refractivity (Wildman–Crippen MR) is 48.1 cm³/mol. The summed E-state index contributed by atoms with van der Waals surface area (Å²) in [5, 5.41) is 20.2. The van der Waals surface area contributed by atoms with E-state index in [0.29, 0.717) is 25.3 Å². The monoisotopic (exact) mass is 187 g/mol. The quantitative estimate of drug-likeness (QED) is 0.551. The molecule has 3 N–H and O–H groups in total. The van der Waals surface area contributed by atoms with Gasteiger partial charge in [-0.05, 0) is 25.2 Å². The molecule has 0 bridgehead atoms. The zero-order valence-electron chi connectivity index (χ0n) is 7.70. The van der Waals surface area contributed by atoms with Crippen LogP contribution in [0.1, 0.15) is 25.7 Å². The maximum atomic E-state index is 11.0. The van der Waals surface area contributed by atoms with Crippen LogP contribution in [0.4, 0.5) is 0 Å². The van der Waals surface area contributed by atoms with E-state index in [1.807, 2.05) is 0 Å². The van der Waals surface area contributed by atoms with Crippen molar-refractivity contribution >= 4 is 5.91 Å². The van der Waals surface area contributed by atoms with Crippen molar-refractivity contribution in [3.05, 3.63) is 0 Å². The number of amides is 1. The SMILES string of the molecule is O=C(CCCO)NCC1CC(O)C1. The van der Waals surface area contributed by atoms with E-state index in [-0.39, 0.29) is 18.6 Å². The van der Waals surface area contributed by atoms with Gasteiger partial charge in [0.05, 0.1) is 6.10 Å². The molecular formula is C9H17NO3. The highest BCUT2D eigenvalue weighted by atomic mass is 16.3. The maximum Gasteiger partial charge on any atom is 0.220 e. The largest absolute Gasteiger partial charge is 0.396 e. The smallest absolute Gasteiger partial charge is 0.220 e. The first-order valence-corrected chi connectivity index (χ1v) is 4.78. The van der Waals surface area contributed by atoms with Crippen LogP contribution in [0.25, 0.3) is 0 Å². The molecule has 0 atom stereocenters. The molecule has 0 heterocycles. The minimum absolute atomic E-state index is 0.00422. The average Bonchev–Trinajstić information content (AvgIpc) is 2.07. The third kappa shape index (κ3) is 3.74. The molecule has 4 heteroatoms. The molecule has 0 aliphatic heterocycles. The van der Waals surface area contributed by atoms with Gasteiger partial charge in [0.2, 0.25) is 5.91 Å². The van der Waals surface area contributed by atoms with Crippen LogP contribution in [-0.4, -0.2) is 35.4 Å². The second-order valence-corrected chi connectivity index (χ2v) is 3.62. The van der Waals surface area contributed by atoms with Crippen molar-refractivity contribution in [2.24, 2.45) is 5.92 Å². The van der Waals surface area contributed by atoms with Crippen LogP contribution in [-0.2, 0) is 4.79 Å². The third-order valence-electron chi connectivity index (χ3n) is 2.36. The fourth-order valence-electron chi connectivity index (χ4n) is 1.45. The molecule has 0 radical (unpaired) electrons. The number of aliphatic hydroxyl groups is 2. The minimum Gasteiger partial charge on any atom is -0.396 e. The van der Waals surface area contributed by atoms with Crippen molar-refractivity contribution in [1.82, 2.24) is 5.32 Å². The molecule has 0 unspecified atom stereocenters. The average molecular weight is 187 g/mol. The molecule has 4 nitrogen and oxygen atoms in total. The maximum absolute atomic E-state index is 11.0. The first-order chi connectivity index (χ1) is 6.22. The molecule has 0 saturated heterocycles. The van der Waals surface area contributed by atoms with Crippen LogP contribution in [0.15, 0.2) is 0 Å². The number of carbonyl (C=O) groups excluding carboxylic acids is 1. The third-order valence-corrected chi connectivity index (χ3v) is 2.36. The van der Waals surface area contributed by atoms with Crippen molar-refractivity contribution < 1.29 is 15.0 Å². The second kappa shape index (κ2) is 5.19. The highest BCUT2D eigenvalue weighted by Crippen LogP contribution is 2.25. The second-order valence-electron chi connectivity index (χ2n) is 3.62. The number of aliphatic hydroxyl groups excluding tert-OH is 2. The Balaban J connectivity index is 1.96. The van der Waals surface area contributed by atoms with Crippen LogP contribution < -0.4 is 5.32 Å². The van der Waals surface area contributed by atoms with Gasteiger partial charge in [-0.25, -0.2) is 0 Å². The van der Waals surface area contributed by atoms with Crippen LogP contribution in [0, 0.1) is 5.92 Å². The normalized spacial score (nSPS) is 26.6. The van der Waals surface area contributed by atoms with Gasteiger partial charge in [0.15, 0.2) is 0 Å². The summed E-state index contributed by atoms with van der Waals surface area (Å²) in [6.07, 6.45) is 2.38. The number of hydrogen-bond donors (Lipinski definition) is 3. The molecule has 1 rings (SSSR count). The Hall–Kier alpha value is -0.610. The van der Waals surface area contributed by atoms with E-state index < -0.39 is 0 Å². The van der Waals surface area contributed by atoms with E-state index in [0.717, 1.165) is 12.8 Å². The van der Waals surface area contributed by atoms with E-state index in [2.05, 4.69) is 5.32 Å². The Morgan fingerprint density at radius 3 is 2.69 bits per heavy atom. The van der Waals surface area contributed by atoms with Crippen molar-refractivity contribution in [3.8, 4) is 0 Å². The molecule has 0 aromatic heterocycles. The van der Waals surface area contributed by atoms with E-state index in [4.69, 9.17) is 10.2 Å². The molecule has 1 fully saturated rings. The van der Waals surface area contributed by atoms with Gasteiger partial charge in [-0.15, -0.1) is 0 Å². The highest BCUT2D eigenvalue weighted by Gasteiger charge is 2.26. The van der Waals surface area contributed by atoms with Gasteiger partial charge in [0.25, 0.3) is 0 Å². The molecule has 1 aliphatic carbocycles. The molecule has 1 amide bonds. The Bertz CT molecular complexity index is 166. The van der Waals surface area contributed by atoms with E-state index in [1.165, 1.54) is 0 Å². The fourth-order valence-corrected chi connectivity index (χ4v) is 1.45. The molecule has 13 heavy (non-hydrogen) atoms. The summed E-state index contributed by atoms with van der Waals surface area (Å²) < 4.78 is 0. The lowest BCUT2D eigenvalue weighted by molar-refractivity contribution is -0.121. The van der Waals surface area contributed by atoms with Gasteiger partial charge in [0.1, 0.15) is 0 Å². The Labute approximate surface area is 78.0 Å². The van der Waals surface area contributed by atoms with Crippen molar-refractivity contribution in [2.75, 3.05) is 13.2 Å². The number of hydrogen-bond acceptors (Lipinski definition) is 3. The highest BCUT2D eigenvalue weighted by molar-refractivity contribution is 5.75. The van der Waals surface area contributed by atoms with E-state index in [9.17, 15) is 4.79 Å². The lowest BCUT2D eigenvalue weighted by Crippen LogP contribution is -2.38. The molecule has 0 spiro atoms. The zero-order chi connectivity index (χ0) is 9.68. The Kier molecular flexibility index (Phi) is 4.18. The van der Waals surface area contributed by atoms with Crippen LogP contribution in [0.3, 0.4) is 0 Å². The first-order valence-electron chi connectivity index (χ1n) is 4.78. The molecule has 76 valence electrons. The minimum atomic E-state index is -0.153. The van der Waals surface area contributed by atoms with E-state index >= 15 is 0 Å². The van der Waals surface area contributed by atoms with Gasteiger partial charge in [-0.1, -0.05) is 0 Å². The Morgan fingerprint density at radius 1 is 1.46 bits per heavy atom. The van der Waals surface area contributed by atoms with Gasteiger partial charge >= 0.3 is 0 Å². The van der Waals surface area contributed by atoms with Crippen molar-refractivity contribution in [3.63, 3.8) is 0 Å². The van der Waals surface area contributed by atoms with E-state index in [1.54, 1.807) is 0 Å². The zero-order valence-corrected chi connectivity index (χ0v) is 7.70. The fraction of sp³-hybridized carbons (Fsp3) is 0.889. The first kappa shape index (κ1) is 10.5. The van der Waals surface area contributed by atoms with Crippen LogP contribution in [0.2, 0.25) is 0 Å². The number of rotatable bonds is 5. The van der Waals surface area contributed by atoms with Crippen LogP contribution in [0.5, 0.6) is 0 Å². The van der Waals surface area contributed by atoms with Crippen molar-refractivity contribution in [1.29, 1.82) is 0 Å². The van der Waals surface area contributed by atoms with Gasteiger partial charge in [0, 0.05) is 19.6 Å². The molecule has 0 aromatic rings. The summed E-state index contributed by atoms with van der Waals surface area (Å²) in [6, 6.07) is 0. The topological polar surface area (TPSA) is 69.6 Å². The molecular weight excluding hydrogens is 170 g/mol. The van der Waals surface area contributed by atoms with Gasteiger partial charge < -0.3 is 15.5 Å². The molecule has 0 aromatic carbocycles. The lowest BCUT2D eigenvalue weighted by Gasteiger charge is -2.31. The number of carbonyl (C=O) groups is 1. The Morgan fingerprint density at radius 2 is 2.15 bits per heavy atom. The van der Waals surface area contributed by atoms with Crippen LogP contribution >= 0.6 is 0 Å². The standard InChI is InChI=1S/C9H17NO3/c11-3-1-2-9(13)10-6-7-4-8(12)5-7/h7-8,11-12H,1-6H2,(H,10,13). The molecule has 1 saturated carbocycles. The van der Waals surface area contributed by atoms with Crippen molar-refractivity contribution in [2.45, 2.75) is 31.8 Å². The molecule has 1 aliphatic rings. The summed E-state index contributed by atoms with van der Waals surface area (Å²) in [4.78, 5) is 11.0. The number of nitrogens with one attached hydrogen (secondary N) is 1.